The zero-order valence-electron chi connectivity index (χ0n) is 11.4. The zero-order valence-corrected chi connectivity index (χ0v) is 11.4. The lowest BCUT2D eigenvalue weighted by atomic mass is 9.92. The van der Waals surface area contributed by atoms with Gasteiger partial charge in [0.2, 0.25) is 0 Å². The van der Waals surface area contributed by atoms with Crippen molar-refractivity contribution >= 4 is 11.4 Å². The summed E-state index contributed by atoms with van der Waals surface area (Å²) < 4.78 is 6.01. The maximum Gasteiger partial charge on any atom is 0.269 e. The molecule has 0 aromatic heterocycles. The molecule has 1 aromatic rings. The van der Waals surface area contributed by atoms with Crippen LogP contribution in [0.3, 0.4) is 0 Å². The Morgan fingerprint density at radius 2 is 2.15 bits per heavy atom. The highest BCUT2D eigenvalue weighted by atomic mass is 16.6. The lowest BCUT2D eigenvalue weighted by Gasteiger charge is -2.46. The van der Waals surface area contributed by atoms with Crippen LogP contribution >= 0.6 is 0 Å². The smallest absolute Gasteiger partial charge is 0.269 e. The van der Waals surface area contributed by atoms with Crippen LogP contribution in [0.5, 0.6) is 0 Å². The van der Waals surface area contributed by atoms with Gasteiger partial charge < -0.3 is 15.0 Å². The number of rotatable bonds is 2. The van der Waals surface area contributed by atoms with Crippen LogP contribution < -0.4 is 10.2 Å². The van der Waals surface area contributed by atoms with E-state index in [2.05, 4.69) is 10.2 Å². The Morgan fingerprint density at radius 3 is 2.80 bits per heavy atom. The minimum absolute atomic E-state index is 0.0989. The third-order valence-electron chi connectivity index (χ3n) is 4.11. The van der Waals surface area contributed by atoms with Gasteiger partial charge in [-0.2, -0.15) is 0 Å². The molecule has 20 heavy (non-hydrogen) atoms. The lowest BCUT2D eigenvalue weighted by molar-refractivity contribution is -0.384. The summed E-state index contributed by atoms with van der Waals surface area (Å²) in [6.45, 7) is 4.33. The first kappa shape index (κ1) is 13.3. The molecule has 6 heteroatoms. The summed E-state index contributed by atoms with van der Waals surface area (Å²) in [7, 11) is 0. The van der Waals surface area contributed by atoms with Gasteiger partial charge in [0.05, 0.1) is 17.1 Å². The highest BCUT2D eigenvalue weighted by Gasteiger charge is 2.37. The quantitative estimate of drug-likeness (QED) is 0.656. The predicted molar refractivity (Wildman–Crippen MR) is 76.1 cm³/mol. The Balaban J connectivity index is 1.74. The number of hydrogen-bond donors (Lipinski definition) is 1. The van der Waals surface area contributed by atoms with E-state index in [4.69, 9.17) is 4.74 Å². The topological polar surface area (TPSA) is 67.6 Å². The van der Waals surface area contributed by atoms with E-state index in [1.165, 1.54) is 0 Å². The summed E-state index contributed by atoms with van der Waals surface area (Å²) in [5.74, 6) is 0. The van der Waals surface area contributed by atoms with E-state index in [1.807, 2.05) is 12.1 Å². The van der Waals surface area contributed by atoms with Crippen LogP contribution in [-0.2, 0) is 4.74 Å². The molecule has 1 unspecified atom stereocenters. The fraction of sp³-hybridized carbons (Fsp3) is 0.571. The molecule has 0 radical (unpaired) electrons. The first-order valence-corrected chi connectivity index (χ1v) is 7.03. The van der Waals surface area contributed by atoms with Gasteiger partial charge in [-0.25, -0.2) is 0 Å². The minimum atomic E-state index is -0.365. The van der Waals surface area contributed by atoms with Gasteiger partial charge >= 0.3 is 0 Å². The third-order valence-corrected chi connectivity index (χ3v) is 4.11. The fourth-order valence-electron chi connectivity index (χ4n) is 3.05. The molecule has 0 bridgehead atoms. The second-order valence-electron chi connectivity index (χ2n) is 5.51. The van der Waals surface area contributed by atoms with Crippen molar-refractivity contribution in [2.75, 3.05) is 37.7 Å². The van der Waals surface area contributed by atoms with Crippen LogP contribution in [0.1, 0.15) is 12.8 Å². The molecule has 2 aliphatic heterocycles. The van der Waals surface area contributed by atoms with Gasteiger partial charge in [-0.15, -0.1) is 0 Å². The van der Waals surface area contributed by atoms with Gasteiger partial charge in [0, 0.05) is 37.5 Å². The van der Waals surface area contributed by atoms with Gasteiger partial charge in [-0.05, 0) is 31.5 Å². The maximum absolute atomic E-state index is 10.7. The van der Waals surface area contributed by atoms with Crippen LogP contribution in [0, 0.1) is 10.1 Å². The van der Waals surface area contributed by atoms with Crippen molar-refractivity contribution in [1.82, 2.24) is 5.32 Å². The first-order valence-electron chi connectivity index (χ1n) is 7.03. The number of nitrogens with zero attached hydrogens (tertiary/aromatic N) is 2. The molecule has 0 amide bonds. The van der Waals surface area contributed by atoms with E-state index in [-0.39, 0.29) is 16.2 Å². The first-order chi connectivity index (χ1) is 9.69. The Morgan fingerprint density at radius 1 is 1.35 bits per heavy atom. The van der Waals surface area contributed by atoms with Gasteiger partial charge in [0.25, 0.3) is 5.69 Å². The highest BCUT2D eigenvalue weighted by Crippen LogP contribution is 2.29. The van der Waals surface area contributed by atoms with Crippen molar-refractivity contribution in [1.29, 1.82) is 0 Å². The fourth-order valence-corrected chi connectivity index (χ4v) is 3.05. The lowest BCUT2D eigenvalue weighted by Crippen LogP contribution is -2.59. The third kappa shape index (κ3) is 2.62. The molecule has 0 aliphatic carbocycles. The summed E-state index contributed by atoms with van der Waals surface area (Å²) >= 11 is 0. The number of piperidine rings is 1. The molecular weight excluding hydrogens is 258 g/mol. The molecule has 2 saturated heterocycles. The Hall–Kier alpha value is -1.66. The molecule has 1 aromatic carbocycles. The summed E-state index contributed by atoms with van der Waals surface area (Å²) in [4.78, 5) is 12.6. The number of nitro benzene ring substituents is 1. The van der Waals surface area contributed by atoms with Crippen LogP contribution in [0.15, 0.2) is 24.3 Å². The number of nitrogens with one attached hydrogen (secondary N) is 1. The monoisotopic (exact) mass is 277 g/mol. The van der Waals surface area contributed by atoms with Crippen molar-refractivity contribution in [2.45, 2.75) is 18.4 Å². The number of non-ortho nitro benzene ring substituents is 1. The number of ether oxygens (including phenoxy) is 1. The van der Waals surface area contributed by atoms with Crippen molar-refractivity contribution in [2.24, 2.45) is 0 Å². The molecule has 1 N–H and O–H groups in total. The van der Waals surface area contributed by atoms with Crippen molar-refractivity contribution in [3.8, 4) is 0 Å². The number of morpholine rings is 1. The summed E-state index contributed by atoms with van der Waals surface area (Å²) in [6.07, 6.45) is 2.21. The highest BCUT2D eigenvalue weighted by molar-refractivity contribution is 5.51. The van der Waals surface area contributed by atoms with Crippen LogP contribution in [0.2, 0.25) is 0 Å². The molecular formula is C14H19N3O3. The SMILES string of the molecule is O=[N+]([O-])c1ccc(N2CCOC3(CCCNC3)C2)cc1. The van der Waals surface area contributed by atoms with E-state index in [1.54, 1.807) is 12.1 Å². The average molecular weight is 277 g/mol. The molecule has 2 aliphatic rings. The van der Waals surface area contributed by atoms with Crippen LogP contribution in [0.25, 0.3) is 0 Å². The number of hydrogen-bond acceptors (Lipinski definition) is 5. The normalized spacial score (nSPS) is 26.7. The van der Waals surface area contributed by atoms with E-state index >= 15 is 0 Å². The minimum Gasteiger partial charge on any atom is -0.370 e. The molecule has 1 atom stereocenters. The second kappa shape index (κ2) is 5.38. The molecule has 6 nitrogen and oxygen atoms in total. The molecule has 1 spiro atoms. The average Bonchev–Trinajstić information content (AvgIpc) is 2.48. The molecule has 2 heterocycles. The van der Waals surface area contributed by atoms with Crippen LogP contribution in [-0.4, -0.2) is 43.3 Å². The van der Waals surface area contributed by atoms with Crippen molar-refractivity contribution in [3.05, 3.63) is 34.4 Å². The van der Waals surface area contributed by atoms with Gasteiger partial charge in [-0.3, -0.25) is 10.1 Å². The molecule has 3 rings (SSSR count). The maximum atomic E-state index is 10.7. The number of anilines is 1. The Labute approximate surface area is 117 Å². The van der Waals surface area contributed by atoms with Crippen molar-refractivity contribution in [3.63, 3.8) is 0 Å². The largest absolute Gasteiger partial charge is 0.370 e. The second-order valence-corrected chi connectivity index (χ2v) is 5.51. The molecule has 0 saturated carbocycles. The van der Waals surface area contributed by atoms with Gasteiger partial charge in [0.1, 0.15) is 0 Å². The van der Waals surface area contributed by atoms with Gasteiger partial charge in [-0.1, -0.05) is 0 Å². The van der Waals surface area contributed by atoms with Crippen molar-refractivity contribution < 1.29 is 9.66 Å². The van der Waals surface area contributed by atoms with E-state index in [0.717, 1.165) is 44.7 Å². The number of benzene rings is 1. The molecule has 2 fully saturated rings. The summed E-state index contributed by atoms with van der Waals surface area (Å²) in [5.41, 5.74) is 1.07. The Bertz CT molecular complexity index is 477. The van der Waals surface area contributed by atoms with Crippen LogP contribution in [0.4, 0.5) is 11.4 Å². The predicted octanol–water partition coefficient (Wildman–Crippen LogP) is 1.55. The zero-order chi connectivity index (χ0) is 14.0. The summed E-state index contributed by atoms with van der Waals surface area (Å²) in [6, 6.07) is 6.79. The van der Waals surface area contributed by atoms with E-state index < -0.39 is 0 Å². The number of nitro groups is 1. The molecule has 108 valence electrons. The standard InChI is InChI=1S/C14H19N3O3/c18-17(19)13-4-2-12(3-5-13)16-8-9-20-14(11-16)6-1-7-15-10-14/h2-5,15H,1,6-11H2. The summed E-state index contributed by atoms with van der Waals surface area (Å²) in [5, 5.41) is 14.1. The van der Waals surface area contributed by atoms with E-state index in [9.17, 15) is 10.1 Å². The Kier molecular flexibility index (Phi) is 3.58. The van der Waals surface area contributed by atoms with Gasteiger partial charge in [0.15, 0.2) is 0 Å². The van der Waals surface area contributed by atoms with E-state index in [0.29, 0.717) is 6.61 Å².